The SMILES string of the molecule is CCC1CCN(CC2(CC(=O)O)CC2)C1. The van der Waals surface area contributed by atoms with Crippen LogP contribution >= 0.6 is 0 Å². The fraction of sp³-hybridized carbons (Fsp3) is 0.917. The number of nitrogens with zero attached hydrogens (tertiary/aromatic N) is 1. The first-order valence-corrected chi connectivity index (χ1v) is 6.08. The van der Waals surface area contributed by atoms with E-state index >= 15 is 0 Å². The van der Waals surface area contributed by atoms with Crippen LogP contribution in [0, 0.1) is 11.3 Å². The van der Waals surface area contributed by atoms with Crippen LogP contribution in [0.1, 0.15) is 39.0 Å². The largest absolute Gasteiger partial charge is 0.481 e. The van der Waals surface area contributed by atoms with Gasteiger partial charge in [-0.1, -0.05) is 13.3 Å². The molecule has 3 nitrogen and oxygen atoms in total. The van der Waals surface area contributed by atoms with Crippen molar-refractivity contribution in [2.45, 2.75) is 39.0 Å². The standard InChI is InChI=1S/C12H21NO2/c1-2-10-3-6-13(8-10)9-12(4-5-12)7-11(14)15/h10H,2-9H2,1H3,(H,14,15). The molecule has 1 aliphatic heterocycles. The van der Waals surface area contributed by atoms with Gasteiger partial charge in [0.15, 0.2) is 0 Å². The van der Waals surface area contributed by atoms with Crippen LogP contribution in [0.15, 0.2) is 0 Å². The maximum absolute atomic E-state index is 10.7. The van der Waals surface area contributed by atoms with Gasteiger partial charge >= 0.3 is 5.97 Å². The highest BCUT2D eigenvalue weighted by molar-refractivity contribution is 5.68. The monoisotopic (exact) mass is 211 g/mol. The van der Waals surface area contributed by atoms with E-state index in [2.05, 4.69) is 11.8 Å². The summed E-state index contributed by atoms with van der Waals surface area (Å²) in [7, 11) is 0. The average Bonchev–Trinajstić information content (AvgIpc) is 2.76. The summed E-state index contributed by atoms with van der Waals surface area (Å²) in [4.78, 5) is 13.2. The van der Waals surface area contributed by atoms with Crippen LogP contribution in [-0.2, 0) is 4.79 Å². The number of rotatable bonds is 5. The lowest BCUT2D eigenvalue weighted by atomic mass is 10.0. The van der Waals surface area contributed by atoms with Crippen LogP contribution < -0.4 is 0 Å². The van der Waals surface area contributed by atoms with Crippen LogP contribution in [0.4, 0.5) is 0 Å². The zero-order valence-corrected chi connectivity index (χ0v) is 9.54. The van der Waals surface area contributed by atoms with Gasteiger partial charge in [0.1, 0.15) is 0 Å². The van der Waals surface area contributed by atoms with Crippen molar-refractivity contribution in [3.05, 3.63) is 0 Å². The summed E-state index contributed by atoms with van der Waals surface area (Å²) in [6.45, 7) is 5.64. The summed E-state index contributed by atoms with van der Waals surface area (Å²) in [5.74, 6) is 0.226. The van der Waals surface area contributed by atoms with E-state index in [1.54, 1.807) is 0 Å². The Hall–Kier alpha value is -0.570. The van der Waals surface area contributed by atoms with Gasteiger partial charge in [0.2, 0.25) is 0 Å². The Bertz CT molecular complexity index is 248. The van der Waals surface area contributed by atoms with Crippen LogP contribution in [0.2, 0.25) is 0 Å². The molecule has 0 spiro atoms. The topological polar surface area (TPSA) is 40.5 Å². The van der Waals surface area contributed by atoms with Gasteiger partial charge < -0.3 is 10.0 Å². The zero-order valence-electron chi connectivity index (χ0n) is 9.54. The number of likely N-dealkylation sites (tertiary alicyclic amines) is 1. The van der Waals surface area contributed by atoms with Crippen LogP contribution in [0.25, 0.3) is 0 Å². The van der Waals surface area contributed by atoms with E-state index in [0.29, 0.717) is 6.42 Å². The molecule has 1 saturated carbocycles. The Kier molecular flexibility index (Phi) is 3.01. The molecule has 1 atom stereocenters. The van der Waals surface area contributed by atoms with Gasteiger partial charge in [0.05, 0.1) is 6.42 Å². The van der Waals surface area contributed by atoms with Crippen molar-refractivity contribution < 1.29 is 9.90 Å². The molecular formula is C12H21NO2. The molecule has 0 aromatic heterocycles. The Morgan fingerprint density at radius 1 is 1.53 bits per heavy atom. The summed E-state index contributed by atoms with van der Waals surface area (Å²) >= 11 is 0. The average molecular weight is 211 g/mol. The lowest BCUT2D eigenvalue weighted by molar-refractivity contribution is -0.138. The third kappa shape index (κ3) is 2.71. The van der Waals surface area contributed by atoms with Gasteiger partial charge in [-0.3, -0.25) is 4.79 Å². The van der Waals surface area contributed by atoms with E-state index < -0.39 is 5.97 Å². The van der Waals surface area contributed by atoms with Gasteiger partial charge in [-0.05, 0) is 37.1 Å². The molecule has 1 aliphatic carbocycles. The van der Waals surface area contributed by atoms with Crippen molar-refractivity contribution >= 4 is 5.97 Å². The van der Waals surface area contributed by atoms with Crippen LogP contribution in [0.3, 0.4) is 0 Å². The minimum Gasteiger partial charge on any atom is -0.481 e. The maximum Gasteiger partial charge on any atom is 0.303 e. The molecule has 1 saturated heterocycles. The van der Waals surface area contributed by atoms with Crippen molar-refractivity contribution in [2.75, 3.05) is 19.6 Å². The summed E-state index contributed by atoms with van der Waals surface area (Å²) in [5, 5.41) is 8.84. The molecule has 0 aromatic carbocycles. The van der Waals surface area contributed by atoms with E-state index in [1.165, 1.54) is 25.9 Å². The van der Waals surface area contributed by atoms with E-state index in [-0.39, 0.29) is 5.41 Å². The lowest BCUT2D eigenvalue weighted by Gasteiger charge is -2.22. The first kappa shape index (κ1) is 10.9. The smallest absolute Gasteiger partial charge is 0.303 e. The predicted octanol–water partition coefficient (Wildman–Crippen LogP) is 1.97. The third-order valence-corrected chi connectivity index (χ3v) is 3.99. The van der Waals surface area contributed by atoms with Crippen LogP contribution in [0.5, 0.6) is 0 Å². The van der Waals surface area contributed by atoms with E-state index in [9.17, 15) is 4.79 Å². The first-order valence-electron chi connectivity index (χ1n) is 6.08. The zero-order chi connectivity index (χ0) is 10.9. The molecule has 0 bridgehead atoms. The Morgan fingerprint density at radius 2 is 2.27 bits per heavy atom. The molecular weight excluding hydrogens is 190 g/mol. The summed E-state index contributed by atoms with van der Waals surface area (Å²) in [5.41, 5.74) is 0.147. The number of carboxylic acids is 1. The normalized spacial score (nSPS) is 29.3. The second kappa shape index (κ2) is 4.12. The first-order chi connectivity index (χ1) is 7.13. The minimum atomic E-state index is -0.626. The number of hydrogen-bond donors (Lipinski definition) is 1. The van der Waals surface area contributed by atoms with E-state index in [0.717, 1.165) is 25.3 Å². The molecule has 2 fully saturated rings. The second-order valence-corrected chi connectivity index (χ2v) is 5.37. The minimum absolute atomic E-state index is 0.147. The Labute approximate surface area is 91.5 Å². The molecule has 1 unspecified atom stereocenters. The molecule has 2 aliphatic rings. The third-order valence-electron chi connectivity index (χ3n) is 3.99. The Balaban J connectivity index is 1.80. The number of carboxylic acid groups (broad SMARTS) is 1. The molecule has 0 amide bonds. The molecule has 1 N–H and O–H groups in total. The molecule has 86 valence electrons. The molecule has 2 rings (SSSR count). The highest BCUT2D eigenvalue weighted by Crippen LogP contribution is 2.49. The quantitative estimate of drug-likeness (QED) is 0.756. The Morgan fingerprint density at radius 3 is 2.73 bits per heavy atom. The molecule has 1 heterocycles. The van der Waals surface area contributed by atoms with Crippen molar-refractivity contribution in [1.82, 2.24) is 4.90 Å². The lowest BCUT2D eigenvalue weighted by Crippen LogP contribution is -2.29. The summed E-state index contributed by atoms with van der Waals surface area (Å²) < 4.78 is 0. The summed E-state index contributed by atoms with van der Waals surface area (Å²) in [6.07, 6.45) is 5.18. The second-order valence-electron chi connectivity index (χ2n) is 5.37. The summed E-state index contributed by atoms with van der Waals surface area (Å²) in [6, 6.07) is 0. The molecule has 15 heavy (non-hydrogen) atoms. The van der Waals surface area contributed by atoms with Crippen molar-refractivity contribution in [1.29, 1.82) is 0 Å². The van der Waals surface area contributed by atoms with Crippen molar-refractivity contribution in [3.63, 3.8) is 0 Å². The van der Waals surface area contributed by atoms with Gasteiger partial charge in [0.25, 0.3) is 0 Å². The highest BCUT2D eigenvalue weighted by atomic mass is 16.4. The fourth-order valence-electron chi connectivity index (χ4n) is 2.75. The molecule has 3 heteroatoms. The van der Waals surface area contributed by atoms with Gasteiger partial charge in [-0.25, -0.2) is 0 Å². The van der Waals surface area contributed by atoms with Gasteiger partial charge in [-0.2, -0.15) is 0 Å². The maximum atomic E-state index is 10.7. The number of hydrogen-bond acceptors (Lipinski definition) is 2. The van der Waals surface area contributed by atoms with E-state index in [4.69, 9.17) is 5.11 Å². The van der Waals surface area contributed by atoms with E-state index in [1.807, 2.05) is 0 Å². The fourth-order valence-corrected chi connectivity index (χ4v) is 2.75. The number of aliphatic carboxylic acids is 1. The molecule has 0 aromatic rings. The van der Waals surface area contributed by atoms with Crippen LogP contribution in [-0.4, -0.2) is 35.6 Å². The predicted molar refractivity (Wildman–Crippen MR) is 58.8 cm³/mol. The van der Waals surface area contributed by atoms with Gasteiger partial charge in [-0.15, -0.1) is 0 Å². The molecule has 0 radical (unpaired) electrons. The van der Waals surface area contributed by atoms with Gasteiger partial charge in [0, 0.05) is 13.1 Å². The number of carbonyl (C=O) groups is 1. The highest BCUT2D eigenvalue weighted by Gasteiger charge is 2.46. The van der Waals surface area contributed by atoms with Crippen molar-refractivity contribution in [2.24, 2.45) is 11.3 Å². The van der Waals surface area contributed by atoms with Crippen molar-refractivity contribution in [3.8, 4) is 0 Å².